The number of carbonyl (C=O) groups excluding carboxylic acids is 1. The maximum absolute atomic E-state index is 12.1. The number of hydrogen-bond acceptors (Lipinski definition) is 4. The number of aliphatic hydroxyl groups excluding tert-OH is 1. The number of ether oxygens (including phenoxy) is 1. The minimum absolute atomic E-state index is 0.0546. The maximum atomic E-state index is 12.1. The topological polar surface area (TPSA) is 61.8 Å². The van der Waals surface area contributed by atoms with Gasteiger partial charge in [0, 0.05) is 37.6 Å². The molecule has 3 rings (SSSR count). The molecule has 5 nitrogen and oxygen atoms in total. The number of carbonyl (C=O) groups is 1. The number of nitrogens with zero attached hydrogens (tertiary/aromatic N) is 1. The molecular weight excluding hydrogens is 316 g/mol. The van der Waals surface area contributed by atoms with Gasteiger partial charge in [-0.05, 0) is 49.9 Å². The van der Waals surface area contributed by atoms with Crippen molar-refractivity contribution in [3.63, 3.8) is 0 Å². The van der Waals surface area contributed by atoms with E-state index in [1.54, 1.807) is 0 Å². The van der Waals surface area contributed by atoms with Crippen molar-refractivity contribution in [3.8, 4) is 5.75 Å². The lowest BCUT2D eigenvalue weighted by atomic mass is 9.91. The Morgan fingerprint density at radius 2 is 2.04 bits per heavy atom. The first kappa shape index (κ1) is 18.2. The van der Waals surface area contributed by atoms with E-state index in [0.717, 1.165) is 57.7 Å². The number of hydrogen-bond donors (Lipinski definition) is 2. The van der Waals surface area contributed by atoms with Gasteiger partial charge in [-0.1, -0.05) is 19.1 Å². The zero-order valence-electron chi connectivity index (χ0n) is 15.1. The van der Waals surface area contributed by atoms with Crippen LogP contribution >= 0.6 is 0 Å². The van der Waals surface area contributed by atoms with Crippen LogP contribution in [0.1, 0.15) is 38.2 Å². The average molecular weight is 346 g/mol. The molecule has 0 aromatic heterocycles. The van der Waals surface area contributed by atoms with Crippen LogP contribution in [0.25, 0.3) is 0 Å². The molecule has 25 heavy (non-hydrogen) atoms. The Balaban J connectivity index is 1.54. The SMILES string of the molecule is CCCOc1ccc(CN2CC[C@H](CO)[C@H](NC(=O)C3CC3)C2)cc1. The predicted octanol–water partition coefficient (Wildman–Crippen LogP) is 2.18. The highest BCUT2D eigenvalue weighted by Gasteiger charge is 2.35. The number of aliphatic hydroxyl groups is 1. The summed E-state index contributed by atoms with van der Waals surface area (Å²) in [6.07, 6.45) is 3.95. The molecule has 0 radical (unpaired) electrons. The maximum Gasteiger partial charge on any atom is 0.223 e. The molecule has 2 fully saturated rings. The van der Waals surface area contributed by atoms with Gasteiger partial charge in [-0.3, -0.25) is 9.69 Å². The summed E-state index contributed by atoms with van der Waals surface area (Å²) in [6.45, 7) is 5.61. The van der Waals surface area contributed by atoms with Crippen LogP contribution in [0.2, 0.25) is 0 Å². The smallest absolute Gasteiger partial charge is 0.223 e. The van der Waals surface area contributed by atoms with Gasteiger partial charge in [-0.15, -0.1) is 0 Å². The van der Waals surface area contributed by atoms with E-state index in [1.807, 2.05) is 12.1 Å². The Hall–Kier alpha value is -1.59. The molecule has 0 bridgehead atoms. The van der Waals surface area contributed by atoms with Crippen LogP contribution < -0.4 is 10.1 Å². The highest BCUT2D eigenvalue weighted by atomic mass is 16.5. The van der Waals surface area contributed by atoms with E-state index < -0.39 is 0 Å². The monoisotopic (exact) mass is 346 g/mol. The highest BCUT2D eigenvalue weighted by molar-refractivity contribution is 5.81. The Morgan fingerprint density at radius 1 is 1.28 bits per heavy atom. The van der Waals surface area contributed by atoms with Gasteiger partial charge in [-0.2, -0.15) is 0 Å². The van der Waals surface area contributed by atoms with Crippen LogP contribution in [-0.2, 0) is 11.3 Å². The molecule has 0 unspecified atom stereocenters. The molecule has 1 saturated heterocycles. The van der Waals surface area contributed by atoms with E-state index in [9.17, 15) is 9.90 Å². The number of nitrogens with one attached hydrogen (secondary N) is 1. The minimum atomic E-state index is 0.0546. The Morgan fingerprint density at radius 3 is 2.68 bits per heavy atom. The van der Waals surface area contributed by atoms with Gasteiger partial charge in [0.25, 0.3) is 0 Å². The third kappa shape index (κ3) is 5.19. The van der Waals surface area contributed by atoms with E-state index in [4.69, 9.17) is 4.74 Å². The molecule has 1 aliphatic carbocycles. The van der Waals surface area contributed by atoms with Crippen molar-refractivity contribution in [2.24, 2.45) is 11.8 Å². The van der Waals surface area contributed by atoms with Crippen LogP contribution in [-0.4, -0.2) is 48.3 Å². The minimum Gasteiger partial charge on any atom is -0.494 e. The summed E-state index contributed by atoms with van der Waals surface area (Å²) in [5.41, 5.74) is 1.25. The number of likely N-dealkylation sites (tertiary alicyclic amines) is 1. The molecule has 2 aliphatic rings. The molecule has 1 saturated carbocycles. The van der Waals surface area contributed by atoms with E-state index in [0.29, 0.717) is 0 Å². The first-order chi connectivity index (χ1) is 12.2. The third-order valence-corrected chi connectivity index (χ3v) is 5.15. The van der Waals surface area contributed by atoms with Crippen LogP contribution in [0, 0.1) is 11.8 Å². The molecule has 2 N–H and O–H groups in total. The molecule has 1 aromatic rings. The molecule has 1 aromatic carbocycles. The van der Waals surface area contributed by atoms with Gasteiger partial charge in [0.2, 0.25) is 5.91 Å². The predicted molar refractivity (Wildman–Crippen MR) is 97.4 cm³/mol. The van der Waals surface area contributed by atoms with Crippen molar-refractivity contribution in [2.75, 3.05) is 26.3 Å². The van der Waals surface area contributed by atoms with Crippen molar-refractivity contribution < 1.29 is 14.6 Å². The van der Waals surface area contributed by atoms with Crippen molar-refractivity contribution in [3.05, 3.63) is 29.8 Å². The summed E-state index contributed by atoms with van der Waals surface area (Å²) in [4.78, 5) is 14.5. The summed E-state index contributed by atoms with van der Waals surface area (Å²) >= 11 is 0. The van der Waals surface area contributed by atoms with Gasteiger partial charge < -0.3 is 15.2 Å². The van der Waals surface area contributed by atoms with Gasteiger partial charge in [0.15, 0.2) is 0 Å². The second kappa shape index (κ2) is 8.68. The summed E-state index contributed by atoms with van der Waals surface area (Å²) in [7, 11) is 0. The largest absolute Gasteiger partial charge is 0.494 e. The number of rotatable bonds is 8. The third-order valence-electron chi connectivity index (χ3n) is 5.15. The normalized spacial score (nSPS) is 24.1. The van der Waals surface area contributed by atoms with Crippen LogP contribution in [0.5, 0.6) is 5.75 Å². The molecule has 138 valence electrons. The molecule has 1 heterocycles. The lowest BCUT2D eigenvalue weighted by Gasteiger charge is -2.38. The average Bonchev–Trinajstić information content (AvgIpc) is 3.47. The number of piperidine rings is 1. The van der Waals surface area contributed by atoms with Crippen molar-refractivity contribution in [2.45, 2.75) is 45.2 Å². The fourth-order valence-electron chi connectivity index (χ4n) is 3.41. The van der Waals surface area contributed by atoms with Gasteiger partial charge >= 0.3 is 0 Å². The summed E-state index contributed by atoms with van der Waals surface area (Å²) < 4.78 is 5.63. The van der Waals surface area contributed by atoms with E-state index in [2.05, 4.69) is 29.3 Å². The lowest BCUT2D eigenvalue weighted by molar-refractivity contribution is -0.124. The Labute approximate surface area is 150 Å². The van der Waals surface area contributed by atoms with E-state index >= 15 is 0 Å². The molecule has 1 amide bonds. The highest BCUT2D eigenvalue weighted by Crippen LogP contribution is 2.30. The molecular formula is C20H30N2O3. The van der Waals surface area contributed by atoms with Gasteiger partial charge in [0.05, 0.1) is 6.61 Å². The van der Waals surface area contributed by atoms with Crippen molar-refractivity contribution >= 4 is 5.91 Å². The molecule has 1 aliphatic heterocycles. The molecule has 0 spiro atoms. The van der Waals surface area contributed by atoms with Crippen LogP contribution in [0.3, 0.4) is 0 Å². The first-order valence-electron chi connectivity index (χ1n) is 9.55. The number of amides is 1. The second-order valence-electron chi connectivity index (χ2n) is 7.35. The van der Waals surface area contributed by atoms with Crippen molar-refractivity contribution in [1.29, 1.82) is 0 Å². The summed E-state index contributed by atoms with van der Waals surface area (Å²) in [5.74, 6) is 1.47. The van der Waals surface area contributed by atoms with Gasteiger partial charge in [0.1, 0.15) is 5.75 Å². The fraction of sp³-hybridized carbons (Fsp3) is 0.650. The second-order valence-corrected chi connectivity index (χ2v) is 7.35. The van der Waals surface area contributed by atoms with Crippen molar-refractivity contribution in [1.82, 2.24) is 10.2 Å². The fourth-order valence-corrected chi connectivity index (χ4v) is 3.41. The molecule has 5 heteroatoms. The lowest BCUT2D eigenvalue weighted by Crippen LogP contribution is -2.53. The number of benzene rings is 1. The van der Waals surface area contributed by atoms with Crippen LogP contribution in [0.4, 0.5) is 0 Å². The quantitative estimate of drug-likeness (QED) is 0.757. The molecule has 2 atom stereocenters. The van der Waals surface area contributed by atoms with Crippen LogP contribution in [0.15, 0.2) is 24.3 Å². The summed E-state index contributed by atoms with van der Waals surface area (Å²) in [6, 6.07) is 8.33. The first-order valence-corrected chi connectivity index (χ1v) is 9.55. The van der Waals surface area contributed by atoms with E-state index in [-0.39, 0.29) is 30.4 Å². The zero-order valence-corrected chi connectivity index (χ0v) is 15.1. The van der Waals surface area contributed by atoms with Gasteiger partial charge in [-0.25, -0.2) is 0 Å². The van der Waals surface area contributed by atoms with E-state index in [1.165, 1.54) is 5.56 Å². The Bertz CT molecular complexity index is 557. The summed E-state index contributed by atoms with van der Waals surface area (Å²) in [5, 5.41) is 12.8. The zero-order chi connectivity index (χ0) is 17.6. The Kier molecular flexibility index (Phi) is 6.32. The standard InChI is InChI=1S/C20H30N2O3/c1-2-11-25-18-7-3-15(4-8-18)12-22-10-9-17(14-23)19(13-22)21-20(24)16-5-6-16/h3-4,7-8,16-17,19,23H,2,5-6,9-14H2,1H3,(H,21,24)/t17-,19-/m1/s1.